The normalized spacial score (nSPS) is 11.6. The lowest BCUT2D eigenvalue weighted by Gasteiger charge is -2.19. The topological polar surface area (TPSA) is 112 Å². The number of esters is 2. The summed E-state index contributed by atoms with van der Waals surface area (Å²) in [5.41, 5.74) is -0.362. The molecule has 2 rings (SSSR count). The maximum atomic E-state index is 13.0. The van der Waals surface area contributed by atoms with E-state index in [1.807, 2.05) is 0 Å². The minimum atomic E-state index is -0.901. The zero-order valence-electron chi connectivity index (χ0n) is 20.4. The van der Waals surface area contributed by atoms with Crippen molar-refractivity contribution in [1.82, 2.24) is 0 Å². The third kappa shape index (κ3) is 6.64. The first-order valence-electron chi connectivity index (χ1n) is 11.1. The van der Waals surface area contributed by atoms with Crippen LogP contribution in [-0.2, 0) is 9.47 Å². The van der Waals surface area contributed by atoms with Gasteiger partial charge in [0.1, 0.15) is 16.9 Å². The summed E-state index contributed by atoms with van der Waals surface area (Å²) in [5, 5.41) is 20.4. The van der Waals surface area contributed by atoms with Crippen molar-refractivity contribution in [3.63, 3.8) is 0 Å². The molecule has 10 heteroatoms. The Hall–Kier alpha value is -2.84. The number of hydrogen-bond acceptors (Lipinski definition) is 8. The molecule has 2 aromatic carbocycles. The monoisotopic (exact) mass is 528 g/mol. The van der Waals surface area contributed by atoms with E-state index in [0.29, 0.717) is 12.3 Å². The largest absolute Gasteiger partial charge is 0.508 e. The molecule has 0 saturated heterocycles. The molecule has 2 aromatic rings. The molecule has 2 N–H and O–H groups in total. The van der Waals surface area contributed by atoms with Crippen LogP contribution in [0.4, 0.5) is 0 Å². The SMILES string of the molecule is CC[C@H](C)CCCCOC(=O)c1c(O)c(Cl)c(C)c(Cl)c1Oc1c(OC)cc(O)cc1C(=O)OC. The first kappa shape index (κ1) is 28.4. The predicted molar refractivity (Wildman–Crippen MR) is 133 cm³/mol. The van der Waals surface area contributed by atoms with Crippen molar-refractivity contribution < 1.29 is 38.7 Å². The van der Waals surface area contributed by atoms with Gasteiger partial charge >= 0.3 is 11.9 Å². The van der Waals surface area contributed by atoms with Gasteiger partial charge in [-0.3, -0.25) is 0 Å². The molecule has 0 aliphatic carbocycles. The summed E-state index contributed by atoms with van der Waals surface area (Å²) in [7, 11) is 2.45. The van der Waals surface area contributed by atoms with Gasteiger partial charge in [0.05, 0.1) is 30.9 Å². The maximum Gasteiger partial charge on any atom is 0.345 e. The molecule has 8 nitrogen and oxygen atoms in total. The van der Waals surface area contributed by atoms with Gasteiger partial charge in [-0.25, -0.2) is 9.59 Å². The van der Waals surface area contributed by atoms with E-state index in [4.69, 9.17) is 42.1 Å². The molecule has 0 spiro atoms. The van der Waals surface area contributed by atoms with Crippen LogP contribution < -0.4 is 9.47 Å². The number of phenolic OH excluding ortho intramolecular Hbond substituents is 2. The van der Waals surface area contributed by atoms with Crippen molar-refractivity contribution in [3.8, 4) is 28.7 Å². The number of aromatic hydroxyl groups is 2. The Labute approximate surface area is 214 Å². The fourth-order valence-corrected chi connectivity index (χ4v) is 3.77. The lowest BCUT2D eigenvalue weighted by atomic mass is 10.0. The zero-order chi connectivity index (χ0) is 26.3. The Morgan fingerprint density at radius 1 is 1.03 bits per heavy atom. The Morgan fingerprint density at radius 2 is 1.71 bits per heavy atom. The number of benzene rings is 2. The zero-order valence-corrected chi connectivity index (χ0v) is 21.9. The summed E-state index contributed by atoms with van der Waals surface area (Å²) in [6, 6.07) is 2.31. The molecule has 1 atom stereocenters. The molecule has 0 fully saturated rings. The summed E-state index contributed by atoms with van der Waals surface area (Å²) in [6.45, 7) is 5.92. The second-order valence-electron chi connectivity index (χ2n) is 8.07. The van der Waals surface area contributed by atoms with Crippen molar-refractivity contribution in [1.29, 1.82) is 0 Å². The number of hydrogen-bond donors (Lipinski definition) is 2. The van der Waals surface area contributed by atoms with E-state index in [9.17, 15) is 19.8 Å². The Morgan fingerprint density at radius 3 is 2.31 bits per heavy atom. The van der Waals surface area contributed by atoms with Crippen LogP contribution in [0.5, 0.6) is 28.7 Å². The Balaban J connectivity index is 2.49. The van der Waals surface area contributed by atoms with Gasteiger partial charge in [0.25, 0.3) is 0 Å². The first-order chi connectivity index (χ1) is 16.6. The van der Waals surface area contributed by atoms with E-state index in [1.54, 1.807) is 0 Å². The van der Waals surface area contributed by atoms with Crippen LogP contribution in [0.3, 0.4) is 0 Å². The van der Waals surface area contributed by atoms with Crippen LogP contribution in [0, 0.1) is 12.8 Å². The number of carbonyl (C=O) groups is 2. The highest BCUT2D eigenvalue weighted by atomic mass is 35.5. The lowest BCUT2D eigenvalue weighted by molar-refractivity contribution is 0.0490. The highest BCUT2D eigenvalue weighted by Crippen LogP contribution is 2.48. The van der Waals surface area contributed by atoms with Crippen molar-refractivity contribution in [2.45, 2.75) is 46.5 Å². The van der Waals surface area contributed by atoms with E-state index in [2.05, 4.69) is 13.8 Å². The highest BCUT2D eigenvalue weighted by molar-refractivity contribution is 6.38. The lowest BCUT2D eigenvalue weighted by Crippen LogP contribution is -2.11. The average molecular weight is 529 g/mol. The second-order valence-corrected chi connectivity index (χ2v) is 8.83. The Bertz CT molecular complexity index is 1080. The average Bonchev–Trinajstić information content (AvgIpc) is 2.85. The van der Waals surface area contributed by atoms with Crippen molar-refractivity contribution in [2.24, 2.45) is 5.92 Å². The van der Waals surface area contributed by atoms with E-state index in [-0.39, 0.29) is 50.8 Å². The summed E-state index contributed by atoms with van der Waals surface area (Å²) in [5.74, 6) is -2.55. The number of methoxy groups -OCH3 is 2. The maximum absolute atomic E-state index is 13.0. The molecule has 35 heavy (non-hydrogen) atoms. The molecule has 0 aromatic heterocycles. The minimum Gasteiger partial charge on any atom is -0.508 e. The third-order valence-electron chi connectivity index (χ3n) is 5.62. The number of carbonyl (C=O) groups excluding carboxylic acids is 2. The van der Waals surface area contributed by atoms with E-state index >= 15 is 0 Å². The molecule has 0 amide bonds. The Kier molecular flexibility index (Phi) is 10.3. The molecule has 0 radical (unpaired) electrons. The molecule has 0 aliphatic rings. The highest BCUT2D eigenvalue weighted by Gasteiger charge is 2.30. The fourth-order valence-electron chi connectivity index (χ4n) is 3.30. The fraction of sp³-hybridized carbons (Fsp3) is 0.440. The smallest absolute Gasteiger partial charge is 0.345 e. The molecule has 0 bridgehead atoms. The van der Waals surface area contributed by atoms with Gasteiger partial charge in [-0.1, -0.05) is 49.9 Å². The van der Waals surface area contributed by atoms with Crippen molar-refractivity contribution >= 4 is 35.1 Å². The summed E-state index contributed by atoms with van der Waals surface area (Å²) < 4.78 is 21.3. The van der Waals surface area contributed by atoms with Crippen LogP contribution in [0.15, 0.2) is 12.1 Å². The second kappa shape index (κ2) is 12.7. The van der Waals surface area contributed by atoms with Crippen LogP contribution in [-0.4, -0.2) is 43.0 Å². The molecule has 0 saturated carbocycles. The van der Waals surface area contributed by atoms with Gasteiger partial charge in [0, 0.05) is 6.07 Å². The number of rotatable bonds is 11. The molecule has 192 valence electrons. The van der Waals surface area contributed by atoms with E-state index in [0.717, 1.165) is 32.4 Å². The number of phenols is 2. The van der Waals surface area contributed by atoms with Gasteiger partial charge in [-0.15, -0.1) is 0 Å². The third-order valence-corrected chi connectivity index (χ3v) is 6.54. The van der Waals surface area contributed by atoms with E-state index in [1.165, 1.54) is 20.1 Å². The first-order valence-corrected chi connectivity index (χ1v) is 11.9. The summed E-state index contributed by atoms with van der Waals surface area (Å²) in [6.07, 6.45) is 3.59. The van der Waals surface area contributed by atoms with Gasteiger partial charge in [-0.2, -0.15) is 0 Å². The predicted octanol–water partition coefficient (Wildman–Crippen LogP) is 6.67. The van der Waals surface area contributed by atoms with Gasteiger partial charge in [0.2, 0.25) is 0 Å². The van der Waals surface area contributed by atoms with Crippen LogP contribution in [0.2, 0.25) is 10.0 Å². The summed E-state index contributed by atoms with van der Waals surface area (Å²) in [4.78, 5) is 25.3. The van der Waals surface area contributed by atoms with E-state index < -0.39 is 23.3 Å². The van der Waals surface area contributed by atoms with Crippen LogP contribution in [0.25, 0.3) is 0 Å². The van der Waals surface area contributed by atoms with Crippen LogP contribution in [0.1, 0.15) is 65.8 Å². The number of halogens is 2. The molecule has 0 heterocycles. The van der Waals surface area contributed by atoms with Crippen molar-refractivity contribution in [3.05, 3.63) is 38.9 Å². The van der Waals surface area contributed by atoms with Gasteiger partial charge < -0.3 is 29.2 Å². The standard InChI is InChI=1S/C25H30Cl2O8/c1-6-13(2)9-7-8-10-34-25(31)18-21(29)19(26)14(3)20(27)23(18)35-22-16(24(30)33-5)11-15(28)12-17(22)32-4/h11-13,28-29H,6-10H2,1-5H3/t13-/m0/s1. The molecular weight excluding hydrogens is 499 g/mol. The number of ether oxygens (including phenoxy) is 4. The molecule has 0 aliphatic heterocycles. The number of unbranched alkanes of at least 4 members (excludes halogenated alkanes) is 1. The van der Waals surface area contributed by atoms with Gasteiger partial charge in [-0.05, 0) is 37.3 Å². The van der Waals surface area contributed by atoms with Gasteiger partial charge in [0.15, 0.2) is 23.0 Å². The minimum absolute atomic E-state index is 0.0436. The molecular formula is C25H30Cl2O8. The molecule has 0 unspecified atom stereocenters. The van der Waals surface area contributed by atoms with Crippen LogP contribution >= 0.6 is 23.2 Å². The summed E-state index contributed by atoms with van der Waals surface area (Å²) >= 11 is 12.7. The quantitative estimate of drug-likeness (QED) is 0.245. The van der Waals surface area contributed by atoms with Crippen molar-refractivity contribution in [2.75, 3.05) is 20.8 Å².